The van der Waals surface area contributed by atoms with Crippen LogP contribution in [0.4, 0.5) is 0 Å². The van der Waals surface area contributed by atoms with E-state index in [2.05, 4.69) is 35.6 Å². The molecule has 0 spiro atoms. The number of guanidine groups is 1. The van der Waals surface area contributed by atoms with Crippen LogP contribution in [0.5, 0.6) is 0 Å². The maximum atomic E-state index is 5.55. The van der Waals surface area contributed by atoms with Gasteiger partial charge in [0, 0.05) is 27.2 Å². The van der Waals surface area contributed by atoms with Crippen molar-refractivity contribution in [1.29, 1.82) is 0 Å². The summed E-state index contributed by atoms with van der Waals surface area (Å²) in [5.41, 5.74) is 3.66. The molecular weight excluding hydrogens is 298 g/mol. The Balaban J connectivity index is 2.01. The topological polar surface area (TPSA) is 36.9 Å². The van der Waals surface area contributed by atoms with Gasteiger partial charge in [-0.1, -0.05) is 54.6 Å². The van der Waals surface area contributed by atoms with Gasteiger partial charge in [0.15, 0.2) is 5.96 Å². The first-order valence-corrected chi connectivity index (χ1v) is 8.34. The zero-order valence-corrected chi connectivity index (χ0v) is 14.8. The van der Waals surface area contributed by atoms with Crippen molar-refractivity contribution in [2.24, 2.45) is 4.99 Å². The number of aliphatic imine (C=N–C) groups is 1. The van der Waals surface area contributed by atoms with E-state index in [9.17, 15) is 0 Å². The summed E-state index contributed by atoms with van der Waals surface area (Å²) in [5, 5.41) is 3.44. The molecule has 4 nitrogen and oxygen atoms in total. The van der Waals surface area contributed by atoms with E-state index in [0.717, 1.165) is 19.1 Å². The van der Waals surface area contributed by atoms with Gasteiger partial charge in [0.2, 0.25) is 0 Å². The van der Waals surface area contributed by atoms with E-state index in [1.165, 1.54) is 16.7 Å². The van der Waals surface area contributed by atoms with E-state index in [0.29, 0.717) is 13.2 Å². The standard InChI is InChI=1S/C20H27N3O/c1-4-24-16-19-13-9-8-12-18(19)15-22-20(23(2)3)21-14-17-10-6-5-7-11-17/h5-13H,4,14-16H2,1-3H3,(H,21,22). The van der Waals surface area contributed by atoms with Gasteiger partial charge in [0.05, 0.1) is 13.2 Å². The van der Waals surface area contributed by atoms with Crippen molar-refractivity contribution in [1.82, 2.24) is 10.2 Å². The molecule has 128 valence electrons. The molecule has 0 aliphatic rings. The van der Waals surface area contributed by atoms with Crippen LogP contribution in [0.3, 0.4) is 0 Å². The average Bonchev–Trinajstić information content (AvgIpc) is 2.61. The monoisotopic (exact) mass is 325 g/mol. The van der Waals surface area contributed by atoms with E-state index in [1.807, 2.05) is 50.2 Å². The van der Waals surface area contributed by atoms with Gasteiger partial charge in [-0.3, -0.25) is 0 Å². The van der Waals surface area contributed by atoms with Gasteiger partial charge in [-0.25, -0.2) is 4.99 Å². The average molecular weight is 325 g/mol. The van der Waals surface area contributed by atoms with Crippen LogP contribution in [0, 0.1) is 0 Å². The highest BCUT2D eigenvalue weighted by Crippen LogP contribution is 2.10. The third kappa shape index (κ3) is 5.70. The molecule has 0 aliphatic carbocycles. The Morgan fingerprint density at radius 3 is 2.33 bits per heavy atom. The summed E-state index contributed by atoms with van der Waals surface area (Å²) < 4.78 is 5.55. The molecule has 1 N–H and O–H groups in total. The molecule has 0 heterocycles. The molecule has 24 heavy (non-hydrogen) atoms. The van der Waals surface area contributed by atoms with Crippen molar-refractivity contribution < 1.29 is 4.74 Å². The highest BCUT2D eigenvalue weighted by atomic mass is 16.5. The van der Waals surface area contributed by atoms with E-state index in [4.69, 9.17) is 9.73 Å². The third-order valence-electron chi connectivity index (χ3n) is 3.69. The summed E-state index contributed by atoms with van der Waals surface area (Å²) in [6.45, 7) is 4.79. The first-order valence-electron chi connectivity index (χ1n) is 8.34. The fourth-order valence-electron chi connectivity index (χ4n) is 2.36. The number of nitrogens with zero attached hydrogens (tertiary/aromatic N) is 2. The maximum Gasteiger partial charge on any atom is 0.194 e. The number of ether oxygens (including phenoxy) is 1. The maximum absolute atomic E-state index is 5.55. The molecule has 0 bridgehead atoms. The van der Waals surface area contributed by atoms with E-state index < -0.39 is 0 Å². The molecule has 0 aromatic heterocycles. The summed E-state index contributed by atoms with van der Waals surface area (Å²) in [6, 6.07) is 18.6. The van der Waals surface area contributed by atoms with Gasteiger partial charge >= 0.3 is 0 Å². The summed E-state index contributed by atoms with van der Waals surface area (Å²) >= 11 is 0. The predicted octanol–water partition coefficient (Wildman–Crippen LogP) is 3.43. The van der Waals surface area contributed by atoms with Crippen molar-refractivity contribution in [3.05, 3.63) is 71.3 Å². The molecule has 0 aliphatic heterocycles. The second kappa shape index (κ2) is 9.73. The predicted molar refractivity (Wildman–Crippen MR) is 99.9 cm³/mol. The van der Waals surface area contributed by atoms with Crippen molar-refractivity contribution >= 4 is 5.96 Å². The number of nitrogens with one attached hydrogen (secondary N) is 1. The lowest BCUT2D eigenvalue weighted by Gasteiger charge is -2.19. The molecule has 2 rings (SSSR count). The molecule has 2 aromatic rings. The molecule has 0 amide bonds. The van der Waals surface area contributed by atoms with Gasteiger partial charge in [-0.2, -0.15) is 0 Å². The van der Waals surface area contributed by atoms with Crippen LogP contribution in [0.15, 0.2) is 59.6 Å². The fraction of sp³-hybridized carbons (Fsp3) is 0.350. The number of benzene rings is 2. The Morgan fingerprint density at radius 2 is 1.67 bits per heavy atom. The van der Waals surface area contributed by atoms with E-state index >= 15 is 0 Å². The highest BCUT2D eigenvalue weighted by Gasteiger charge is 2.05. The number of rotatable bonds is 7. The molecule has 0 unspecified atom stereocenters. The fourth-order valence-corrected chi connectivity index (χ4v) is 2.36. The van der Waals surface area contributed by atoms with Crippen LogP contribution in [-0.2, 0) is 24.4 Å². The Hall–Kier alpha value is -2.33. The Morgan fingerprint density at radius 1 is 1.00 bits per heavy atom. The third-order valence-corrected chi connectivity index (χ3v) is 3.69. The lowest BCUT2D eigenvalue weighted by atomic mass is 10.1. The SMILES string of the molecule is CCOCc1ccccc1CNC(=NCc1ccccc1)N(C)C. The Labute approximate surface area is 145 Å². The zero-order valence-electron chi connectivity index (χ0n) is 14.8. The van der Waals surface area contributed by atoms with E-state index in [-0.39, 0.29) is 0 Å². The zero-order chi connectivity index (χ0) is 17.2. The highest BCUT2D eigenvalue weighted by molar-refractivity contribution is 5.79. The minimum absolute atomic E-state index is 0.646. The van der Waals surface area contributed by atoms with Crippen LogP contribution < -0.4 is 5.32 Å². The second-order valence-electron chi connectivity index (χ2n) is 5.78. The van der Waals surface area contributed by atoms with Gasteiger partial charge in [0.25, 0.3) is 0 Å². The molecular formula is C20H27N3O. The lowest BCUT2D eigenvalue weighted by Crippen LogP contribution is -2.36. The molecule has 0 saturated heterocycles. The van der Waals surface area contributed by atoms with Crippen LogP contribution >= 0.6 is 0 Å². The Kier molecular flexibility index (Phi) is 7.30. The molecule has 4 heteroatoms. The van der Waals surface area contributed by atoms with Crippen LogP contribution in [0.2, 0.25) is 0 Å². The summed E-state index contributed by atoms with van der Waals surface area (Å²) in [4.78, 5) is 6.71. The van der Waals surface area contributed by atoms with Crippen LogP contribution in [-0.4, -0.2) is 31.6 Å². The molecule has 0 saturated carbocycles. The second-order valence-corrected chi connectivity index (χ2v) is 5.78. The summed E-state index contributed by atoms with van der Waals surface area (Å²) in [5.74, 6) is 0.880. The minimum Gasteiger partial charge on any atom is -0.377 e. The van der Waals surface area contributed by atoms with Gasteiger partial charge in [0.1, 0.15) is 0 Å². The first kappa shape index (κ1) is 18.0. The minimum atomic E-state index is 0.646. The normalized spacial score (nSPS) is 11.4. The lowest BCUT2D eigenvalue weighted by molar-refractivity contribution is 0.133. The van der Waals surface area contributed by atoms with Gasteiger partial charge in [-0.15, -0.1) is 0 Å². The smallest absolute Gasteiger partial charge is 0.194 e. The largest absolute Gasteiger partial charge is 0.377 e. The van der Waals surface area contributed by atoms with E-state index in [1.54, 1.807) is 0 Å². The van der Waals surface area contributed by atoms with Gasteiger partial charge < -0.3 is 15.0 Å². The van der Waals surface area contributed by atoms with Crippen molar-refractivity contribution in [2.45, 2.75) is 26.6 Å². The quantitative estimate of drug-likeness (QED) is 0.626. The molecule has 0 radical (unpaired) electrons. The van der Waals surface area contributed by atoms with Gasteiger partial charge in [-0.05, 0) is 23.6 Å². The van der Waals surface area contributed by atoms with Crippen LogP contribution in [0.1, 0.15) is 23.6 Å². The number of hydrogen-bond acceptors (Lipinski definition) is 2. The number of hydrogen-bond donors (Lipinski definition) is 1. The molecule has 2 aromatic carbocycles. The summed E-state index contributed by atoms with van der Waals surface area (Å²) in [7, 11) is 4.01. The first-order chi connectivity index (χ1) is 11.7. The van der Waals surface area contributed by atoms with Crippen molar-refractivity contribution in [3.8, 4) is 0 Å². The molecule has 0 fully saturated rings. The Bertz CT molecular complexity index is 638. The van der Waals surface area contributed by atoms with Crippen molar-refractivity contribution in [2.75, 3.05) is 20.7 Å². The molecule has 0 atom stereocenters. The summed E-state index contributed by atoms with van der Waals surface area (Å²) in [6.07, 6.45) is 0. The van der Waals surface area contributed by atoms with Crippen LogP contribution in [0.25, 0.3) is 0 Å². The van der Waals surface area contributed by atoms with Crippen molar-refractivity contribution in [3.63, 3.8) is 0 Å².